The summed E-state index contributed by atoms with van der Waals surface area (Å²) in [6.45, 7) is 2.76. The van der Waals surface area contributed by atoms with Crippen molar-refractivity contribution in [1.82, 2.24) is 19.4 Å². The average molecular weight is 386 g/mol. The molecule has 3 aliphatic heterocycles. The lowest BCUT2D eigenvalue weighted by atomic mass is 9.87. The zero-order chi connectivity index (χ0) is 20.0. The van der Waals surface area contributed by atoms with Crippen molar-refractivity contribution in [3.05, 3.63) is 72.6 Å². The van der Waals surface area contributed by atoms with Crippen molar-refractivity contribution in [1.29, 1.82) is 0 Å². The molecule has 2 unspecified atom stereocenters. The number of piperidine rings is 1. The van der Waals surface area contributed by atoms with Crippen LogP contribution in [0.4, 0.5) is 0 Å². The summed E-state index contributed by atoms with van der Waals surface area (Å²) in [4.78, 5) is 33.4. The molecule has 3 aliphatic rings. The molecule has 2 atom stereocenters. The summed E-state index contributed by atoms with van der Waals surface area (Å²) in [6, 6.07) is 20.1. The Bertz CT molecular complexity index is 992. The Morgan fingerprint density at radius 1 is 0.931 bits per heavy atom. The second-order valence-corrected chi connectivity index (χ2v) is 7.70. The number of hydrogen-bond donors (Lipinski definition) is 0. The van der Waals surface area contributed by atoms with Crippen molar-refractivity contribution in [3.8, 4) is 17.1 Å². The molecule has 1 aromatic heterocycles. The number of rotatable bonds is 3. The van der Waals surface area contributed by atoms with Crippen LogP contribution in [0.3, 0.4) is 0 Å². The molecule has 2 amide bonds. The molecule has 6 rings (SSSR count). The molecule has 0 spiro atoms. The summed E-state index contributed by atoms with van der Waals surface area (Å²) in [6.07, 6.45) is 2.81. The third kappa shape index (κ3) is 3.01. The summed E-state index contributed by atoms with van der Waals surface area (Å²) in [5, 5.41) is 0. The van der Waals surface area contributed by atoms with Gasteiger partial charge in [-0.2, -0.15) is 0 Å². The second kappa shape index (κ2) is 6.88. The molecule has 2 bridgehead atoms. The monoisotopic (exact) mass is 386 g/mol. The minimum Gasteiger partial charge on any atom is -0.333 e. The molecule has 29 heavy (non-hydrogen) atoms. The van der Waals surface area contributed by atoms with Crippen LogP contribution in [-0.4, -0.2) is 56.3 Å². The Morgan fingerprint density at radius 3 is 2.17 bits per heavy atom. The first-order chi connectivity index (χ1) is 14.1. The fraction of sp³-hybridized carbons (Fsp3) is 0.261. The van der Waals surface area contributed by atoms with Crippen LogP contribution in [0.2, 0.25) is 0 Å². The Labute approximate surface area is 169 Å². The average Bonchev–Trinajstić information content (AvgIpc) is 3.19. The first kappa shape index (κ1) is 17.7. The molecule has 4 heterocycles. The summed E-state index contributed by atoms with van der Waals surface area (Å²) in [7, 11) is 0. The summed E-state index contributed by atoms with van der Waals surface area (Å²) >= 11 is 0. The van der Waals surface area contributed by atoms with Crippen molar-refractivity contribution < 1.29 is 9.59 Å². The molecule has 3 saturated heterocycles. The van der Waals surface area contributed by atoms with E-state index in [0.717, 1.165) is 23.5 Å². The molecule has 3 aromatic rings. The van der Waals surface area contributed by atoms with E-state index in [1.54, 1.807) is 6.92 Å². The molecular formula is C23H22N4O2. The summed E-state index contributed by atoms with van der Waals surface area (Å²) in [5.74, 6) is 0.764. The minimum absolute atomic E-state index is 0.0743. The Morgan fingerprint density at radius 2 is 1.55 bits per heavy atom. The first-order valence-corrected chi connectivity index (χ1v) is 9.90. The largest absolute Gasteiger partial charge is 0.333 e. The van der Waals surface area contributed by atoms with Crippen LogP contribution in [0.5, 0.6) is 0 Å². The second-order valence-electron chi connectivity index (χ2n) is 7.70. The van der Waals surface area contributed by atoms with Gasteiger partial charge in [-0.3, -0.25) is 14.2 Å². The highest BCUT2D eigenvalue weighted by Crippen LogP contribution is 2.33. The number of amides is 2. The van der Waals surface area contributed by atoms with Crippen molar-refractivity contribution in [2.75, 3.05) is 13.1 Å². The quantitative estimate of drug-likeness (QED) is 0.695. The summed E-state index contributed by atoms with van der Waals surface area (Å²) < 4.78 is 1.97. The van der Waals surface area contributed by atoms with E-state index >= 15 is 0 Å². The number of fused-ring (bicyclic) bond motifs is 2. The molecule has 2 aromatic carbocycles. The molecule has 3 fully saturated rings. The lowest BCUT2D eigenvalue weighted by Crippen LogP contribution is -2.70. The van der Waals surface area contributed by atoms with Crippen LogP contribution in [0.15, 0.2) is 66.9 Å². The number of carbonyl (C=O) groups is 2. The van der Waals surface area contributed by atoms with Crippen LogP contribution < -0.4 is 0 Å². The van der Waals surface area contributed by atoms with E-state index in [1.165, 1.54) is 0 Å². The van der Waals surface area contributed by atoms with Crippen LogP contribution in [-0.2, 0) is 4.79 Å². The Balaban J connectivity index is 1.48. The van der Waals surface area contributed by atoms with E-state index in [2.05, 4.69) is 0 Å². The number of para-hydroxylation sites is 1. The van der Waals surface area contributed by atoms with Crippen molar-refractivity contribution >= 4 is 11.8 Å². The van der Waals surface area contributed by atoms with Gasteiger partial charge in [0.1, 0.15) is 11.5 Å². The number of imidazole rings is 1. The van der Waals surface area contributed by atoms with Crippen molar-refractivity contribution in [2.45, 2.75) is 25.4 Å². The van der Waals surface area contributed by atoms with E-state index in [4.69, 9.17) is 4.98 Å². The fourth-order valence-corrected chi connectivity index (χ4v) is 4.51. The first-order valence-electron chi connectivity index (χ1n) is 9.90. The highest BCUT2D eigenvalue weighted by Gasteiger charge is 2.47. The predicted molar refractivity (Wildman–Crippen MR) is 110 cm³/mol. The molecule has 0 aliphatic carbocycles. The van der Waals surface area contributed by atoms with Gasteiger partial charge in [0.05, 0.1) is 12.1 Å². The highest BCUT2D eigenvalue weighted by atomic mass is 16.2. The molecule has 6 nitrogen and oxygen atoms in total. The maximum absolute atomic E-state index is 13.2. The zero-order valence-electron chi connectivity index (χ0n) is 16.2. The standard InChI is InChI=1S/C23H22N4O2/c1-16(28)27-19-12-20(27)14-25(13-19)23(29)21-15-26(18-10-6-3-7-11-18)22(24-21)17-8-4-2-5-9-17/h2-11,15,19-20H,12-14H2,1H3. The number of benzene rings is 2. The van der Waals surface area contributed by atoms with E-state index in [1.807, 2.05) is 81.2 Å². The van der Waals surface area contributed by atoms with Gasteiger partial charge in [0.15, 0.2) is 0 Å². The third-order valence-corrected chi connectivity index (χ3v) is 5.84. The predicted octanol–water partition coefficient (Wildman–Crippen LogP) is 2.98. The van der Waals surface area contributed by atoms with Gasteiger partial charge in [-0.15, -0.1) is 0 Å². The Kier molecular flexibility index (Phi) is 4.19. The molecular weight excluding hydrogens is 364 g/mol. The van der Waals surface area contributed by atoms with Crippen LogP contribution in [0.1, 0.15) is 23.8 Å². The minimum atomic E-state index is -0.0743. The molecule has 0 N–H and O–H groups in total. The highest BCUT2D eigenvalue weighted by molar-refractivity contribution is 5.93. The normalized spacial score (nSPS) is 20.3. The van der Waals surface area contributed by atoms with Crippen LogP contribution in [0, 0.1) is 0 Å². The van der Waals surface area contributed by atoms with Gasteiger partial charge in [0.2, 0.25) is 5.91 Å². The molecule has 6 heteroatoms. The van der Waals surface area contributed by atoms with Crippen LogP contribution >= 0.6 is 0 Å². The maximum Gasteiger partial charge on any atom is 0.274 e. The van der Waals surface area contributed by atoms with E-state index in [9.17, 15) is 9.59 Å². The number of hydrogen-bond acceptors (Lipinski definition) is 3. The van der Waals surface area contributed by atoms with E-state index in [0.29, 0.717) is 18.8 Å². The van der Waals surface area contributed by atoms with E-state index in [-0.39, 0.29) is 23.9 Å². The smallest absolute Gasteiger partial charge is 0.274 e. The van der Waals surface area contributed by atoms with Gasteiger partial charge >= 0.3 is 0 Å². The van der Waals surface area contributed by atoms with Gasteiger partial charge < -0.3 is 9.80 Å². The molecule has 146 valence electrons. The Hall–Kier alpha value is -3.41. The van der Waals surface area contributed by atoms with Gasteiger partial charge in [-0.1, -0.05) is 48.5 Å². The van der Waals surface area contributed by atoms with Crippen molar-refractivity contribution in [2.24, 2.45) is 0 Å². The van der Waals surface area contributed by atoms with Gasteiger partial charge in [0, 0.05) is 37.5 Å². The lowest BCUT2D eigenvalue weighted by Gasteiger charge is -2.55. The number of aromatic nitrogens is 2. The topological polar surface area (TPSA) is 58.4 Å². The van der Waals surface area contributed by atoms with Gasteiger partial charge in [0.25, 0.3) is 5.91 Å². The number of carbonyl (C=O) groups excluding carboxylic acids is 2. The third-order valence-electron chi connectivity index (χ3n) is 5.84. The fourth-order valence-electron chi connectivity index (χ4n) is 4.51. The molecule has 0 saturated carbocycles. The van der Waals surface area contributed by atoms with Crippen molar-refractivity contribution in [3.63, 3.8) is 0 Å². The van der Waals surface area contributed by atoms with Gasteiger partial charge in [-0.25, -0.2) is 4.98 Å². The SMILES string of the molecule is CC(=O)N1C2CC1CN(C(=O)c1cn(-c3ccccc3)c(-c3ccccc3)n1)C2. The van der Waals surface area contributed by atoms with Crippen LogP contribution in [0.25, 0.3) is 17.1 Å². The number of piperazine rings is 1. The number of nitrogens with zero attached hydrogens (tertiary/aromatic N) is 4. The maximum atomic E-state index is 13.2. The van der Waals surface area contributed by atoms with E-state index < -0.39 is 0 Å². The zero-order valence-corrected chi connectivity index (χ0v) is 16.2. The summed E-state index contributed by atoms with van der Waals surface area (Å²) in [5.41, 5.74) is 2.35. The molecule has 0 radical (unpaired) electrons. The van der Waals surface area contributed by atoms with Gasteiger partial charge in [-0.05, 0) is 18.6 Å². The lowest BCUT2D eigenvalue weighted by molar-refractivity contribution is -0.149.